The number of amides is 1. The Kier molecular flexibility index (Phi) is 5.34. The van der Waals surface area contributed by atoms with Gasteiger partial charge in [0.25, 0.3) is 0 Å². The Bertz CT molecular complexity index is 570. The lowest BCUT2D eigenvalue weighted by Gasteiger charge is -2.19. The van der Waals surface area contributed by atoms with Crippen molar-refractivity contribution >= 4 is 33.2 Å². The van der Waals surface area contributed by atoms with Gasteiger partial charge in [-0.2, -0.15) is 0 Å². The molecule has 1 aromatic heterocycles. The van der Waals surface area contributed by atoms with E-state index in [0.717, 1.165) is 14.2 Å². The summed E-state index contributed by atoms with van der Waals surface area (Å²) in [7, 11) is 0. The Labute approximate surface area is 131 Å². The molecule has 2 unspecified atom stereocenters. The summed E-state index contributed by atoms with van der Waals surface area (Å²) in [4.78, 5) is 13.3. The van der Waals surface area contributed by atoms with Crippen molar-refractivity contribution in [2.24, 2.45) is 11.7 Å². The molecular formula is C15H17BrN2OS. The van der Waals surface area contributed by atoms with Crippen LogP contribution in [0.25, 0.3) is 0 Å². The van der Waals surface area contributed by atoms with E-state index in [1.807, 2.05) is 49.4 Å². The lowest BCUT2D eigenvalue weighted by Crippen LogP contribution is -2.35. The lowest BCUT2D eigenvalue weighted by atomic mass is 9.95. The molecule has 0 bridgehead atoms. The number of carbonyl (C=O) groups is 1. The molecular weight excluding hydrogens is 336 g/mol. The van der Waals surface area contributed by atoms with Crippen LogP contribution in [0.2, 0.25) is 0 Å². The fraction of sp³-hybridized carbons (Fsp3) is 0.267. The van der Waals surface area contributed by atoms with Gasteiger partial charge in [-0.05, 0) is 33.6 Å². The molecule has 2 aromatic rings. The SMILES string of the molecule is CC(C(=O)NCc1ccc(Br)s1)C(N)c1ccccc1. The fourth-order valence-electron chi connectivity index (χ4n) is 1.91. The minimum absolute atomic E-state index is 0.0223. The predicted molar refractivity (Wildman–Crippen MR) is 86.4 cm³/mol. The molecule has 0 aliphatic carbocycles. The molecule has 0 saturated carbocycles. The van der Waals surface area contributed by atoms with Crippen LogP contribution in [0.1, 0.15) is 23.4 Å². The highest BCUT2D eigenvalue weighted by atomic mass is 79.9. The van der Waals surface area contributed by atoms with Gasteiger partial charge in [-0.25, -0.2) is 0 Å². The number of rotatable bonds is 5. The molecule has 106 valence electrons. The molecule has 2 rings (SSSR count). The first kappa shape index (κ1) is 15.2. The number of halogens is 1. The second-order valence-corrected chi connectivity index (χ2v) is 7.20. The third-order valence-electron chi connectivity index (χ3n) is 3.20. The number of hydrogen-bond acceptors (Lipinski definition) is 3. The van der Waals surface area contributed by atoms with Crippen LogP contribution in [0.15, 0.2) is 46.3 Å². The topological polar surface area (TPSA) is 55.1 Å². The van der Waals surface area contributed by atoms with E-state index in [-0.39, 0.29) is 17.9 Å². The van der Waals surface area contributed by atoms with Crippen LogP contribution in [-0.4, -0.2) is 5.91 Å². The van der Waals surface area contributed by atoms with Gasteiger partial charge in [0, 0.05) is 10.9 Å². The van der Waals surface area contributed by atoms with E-state index < -0.39 is 0 Å². The van der Waals surface area contributed by atoms with Gasteiger partial charge in [0.05, 0.1) is 16.2 Å². The average molecular weight is 353 g/mol. The van der Waals surface area contributed by atoms with Crippen molar-refractivity contribution in [3.8, 4) is 0 Å². The zero-order chi connectivity index (χ0) is 14.5. The molecule has 20 heavy (non-hydrogen) atoms. The summed E-state index contributed by atoms with van der Waals surface area (Å²) in [6.45, 7) is 2.40. The largest absolute Gasteiger partial charge is 0.351 e. The smallest absolute Gasteiger partial charge is 0.225 e. The van der Waals surface area contributed by atoms with E-state index in [2.05, 4.69) is 21.2 Å². The molecule has 0 fully saturated rings. The van der Waals surface area contributed by atoms with Crippen molar-refractivity contribution in [1.82, 2.24) is 5.32 Å². The summed E-state index contributed by atoms with van der Waals surface area (Å²) in [5.74, 6) is -0.285. The Morgan fingerprint density at radius 3 is 2.60 bits per heavy atom. The quantitative estimate of drug-likeness (QED) is 0.865. The minimum Gasteiger partial charge on any atom is -0.351 e. The average Bonchev–Trinajstić information content (AvgIpc) is 2.89. The number of nitrogens with one attached hydrogen (secondary N) is 1. The molecule has 3 N–H and O–H groups in total. The number of nitrogens with two attached hydrogens (primary N) is 1. The summed E-state index contributed by atoms with van der Waals surface area (Å²) in [5, 5.41) is 2.93. The Balaban J connectivity index is 1.91. The van der Waals surface area contributed by atoms with Crippen LogP contribution in [0.5, 0.6) is 0 Å². The van der Waals surface area contributed by atoms with E-state index in [1.54, 1.807) is 11.3 Å². The van der Waals surface area contributed by atoms with Crippen LogP contribution in [0.4, 0.5) is 0 Å². The number of benzene rings is 1. The first-order valence-electron chi connectivity index (χ1n) is 6.40. The van der Waals surface area contributed by atoms with Crippen molar-refractivity contribution < 1.29 is 4.79 Å². The Hall–Kier alpha value is -1.17. The van der Waals surface area contributed by atoms with Crippen molar-refractivity contribution in [3.05, 3.63) is 56.7 Å². The van der Waals surface area contributed by atoms with Crippen LogP contribution in [0.3, 0.4) is 0 Å². The van der Waals surface area contributed by atoms with Gasteiger partial charge in [-0.1, -0.05) is 37.3 Å². The summed E-state index contributed by atoms with van der Waals surface area (Å²) in [6, 6.07) is 13.4. The third kappa shape index (κ3) is 3.91. The van der Waals surface area contributed by atoms with Gasteiger partial charge in [-0.15, -0.1) is 11.3 Å². The number of thiophene rings is 1. The predicted octanol–water partition coefficient (Wildman–Crippen LogP) is 3.46. The zero-order valence-corrected chi connectivity index (χ0v) is 13.6. The molecule has 1 amide bonds. The van der Waals surface area contributed by atoms with Crippen LogP contribution in [0, 0.1) is 5.92 Å². The highest BCUT2D eigenvalue weighted by Crippen LogP contribution is 2.22. The molecule has 1 heterocycles. The molecule has 0 aliphatic heterocycles. The summed E-state index contributed by atoms with van der Waals surface area (Å²) < 4.78 is 1.07. The molecule has 2 atom stereocenters. The van der Waals surface area contributed by atoms with Gasteiger partial charge < -0.3 is 11.1 Å². The highest BCUT2D eigenvalue weighted by molar-refractivity contribution is 9.11. The lowest BCUT2D eigenvalue weighted by molar-refractivity contribution is -0.125. The van der Waals surface area contributed by atoms with E-state index >= 15 is 0 Å². The maximum Gasteiger partial charge on any atom is 0.225 e. The third-order valence-corrected chi connectivity index (χ3v) is 4.83. The van der Waals surface area contributed by atoms with Crippen LogP contribution in [-0.2, 0) is 11.3 Å². The van der Waals surface area contributed by atoms with E-state index in [0.29, 0.717) is 6.54 Å². The number of carbonyl (C=O) groups excluding carboxylic acids is 1. The fourth-order valence-corrected chi connectivity index (χ4v) is 3.33. The molecule has 0 spiro atoms. The normalized spacial score (nSPS) is 13.8. The maximum atomic E-state index is 12.1. The minimum atomic E-state index is -0.286. The van der Waals surface area contributed by atoms with Gasteiger partial charge in [-0.3, -0.25) is 4.79 Å². The summed E-state index contributed by atoms with van der Waals surface area (Å²) in [6.07, 6.45) is 0. The molecule has 0 saturated heterocycles. The molecule has 0 aliphatic rings. The highest BCUT2D eigenvalue weighted by Gasteiger charge is 2.21. The van der Waals surface area contributed by atoms with E-state index in [4.69, 9.17) is 5.73 Å². The van der Waals surface area contributed by atoms with Crippen molar-refractivity contribution in [2.45, 2.75) is 19.5 Å². The van der Waals surface area contributed by atoms with E-state index in [1.165, 1.54) is 0 Å². The van der Waals surface area contributed by atoms with Gasteiger partial charge in [0.15, 0.2) is 0 Å². The number of hydrogen-bond donors (Lipinski definition) is 2. The molecule has 5 heteroatoms. The summed E-state index contributed by atoms with van der Waals surface area (Å²) >= 11 is 5.02. The molecule has 3 nitrogen and oxygen atoms in total. The molecule has 1 aromatic carbocycles. The van der Waals surface area contributed by atoms with Crippen molar-refractivity contribution in [3.63, 3.8) is 0 Å². The Morgan fingerprint density at radius 2 is 2.00 bits per heavy atom. The monoisotopic (exact) mass is 352 g/mol. The zero-order valence-electron chi connectivity index (χ0n) is 11.2. The van der Waals surface area contributed by atoms with Crippen molar-refractivity contribution in [2.75, 3.05) is 0 Å². The van der Waals surface area contributed by atoms with Gasteiger partial charge in [0.2, 0.25) is 5.91 Å². The second-order valence-electron chi connectivity index (χ2n) is 4.65. The standard InChI is InChI=1S/C15H17BrN2OS/c1-10(14(17)11-5-3-2-4-6-11)15(19)18-9-12-7-8-13(16)20-12/h2-8,10,14H,9,17H2,1H3,(H,18,19). The second kappa shape index (κ2) is 7.02. The van der Waals surface area contributed by atoms with Crippen LogP contribution >= 0.6 is 27.3 Å². The Morgan fingerprint density at radius 1 is 1.30 bits per heavy atom. The molecule has 0 radical (unpaired) electrons. The maximum absolute atomic E-state index is 12.1. The summed E-state index contributed by atoms with van der Waals surface area (Å²) in [5.41, 5.74) is 7.13. The van der Waals surface area contributed by atoms with E-state index in [9.17, 15) is 4.79 Å². The first-order valence-corrected chi connectivity index (χ1v) is 8.01. The van der Waals surface area contributed by atoms with Gasteiger partial charge >= 0.3 is 0 Å². The van der Waals surface area contributed by atoms with Crippen LogP contribution < -0.4 is 11.1 Å². The van der Waals surface area contributed by atoms with Crippen molar-refractivity contribution in [1.29, 1.82) is 0 Å². The van der Waals surface area contributed by atoms with Gasteiger partial charge in [0.1, 0.15) is 0 Å². The first-order chi connectivity index (χ1) is 9.58.